The summed E-state index contributed by atoms with van der Waals surface area (Å²) in [6.45, 7) is 1.53. The first kappa shape index (κ1) is 16.3. The van der Waals surface area contributed by atoms with Gasteiger partial charge in [0.15, 0.2) is 0 Å². The van der Waals surface area contributed by atoms with Gasteiger partial charge in [0, 0.05) is 20.2 Å². The average molecular weight is 268 g/mol. The van der Waals surface area contributed by atoms with Crippen molar-refractivity contribution in [2.75, 3.05) is 46.3 Å². The number of nitrogens with one attached hydrogen (secondary N) is 2. The van der Waals surface area contributed by atoms with E-state index in [0.717, 1.165) is 6.26 Å². The van der Waals surface area contributed by atoms with E-state index in [1.807, 2.05) is 0 Å². The van der Waals surface area contributed by atoms with Gasteiger partial charge in [-0.3, -0.25) is 4.79 Å². The molecule has 2 N–H and O–H groups in total. The van der Waals surface area contributed by atoms with Crippen molar-refractivity contribution in [3.05, 3.63) is 0 Å². The van der Waals surface area contributed by atoms with Crippen molar-refractivity contribution >= 4 is 15.9 Å². The summed E-state index contributed by atoms with van der Waals surface area (Å²) >= 11 is 0. The molecular weight excluding hydrogens is 248 g/mol. The number of carbonyl (C=O) groups excluding carboxylic acids is 1. The lowest BCUT2D eigenvalue weighted by Gasteiger charge is -2.06. The smallest absolute Gasteiger partial charge is 0.246 e. The standard InChI is InChI=1S/C9H20N2O5S/c1-15-6-7-16-8-9(12)10-4-3-5-11-17(2,13)14/h11H,3-8H2,1-2H3,(H,10,12). The van der Waals surface area contributed by atoms with E-state index in [-0.39, 0.29) is 12.5 Å². The topological polar surface area (TPSA) is 93.7 Å². The number of methoxy groups -OCH3 is 1. The van der Waals surface area contributed by atoms with Crippen LogP contribution >= 0.6 is 0 Å². The van der Waals surface area contributed by atoms with Crippen molar-refractivity contribution in [2.24, 2.45) is 0 Å². The minimum atomic E-state index is -3.15. The molecule has 0 aromatic heterocycles. The van der Waals surface area contributed by atoms with E-state index in [0.29, 0.717) is 32.7 Å². The van der Waals surface area contributed by atoms with Crippen molar-refractivity contribution in [3.63, 3.8) is 0 Å². The Kier molecular flexibility index (Phi) is 8.96. The van der Waals surface area contributed by atoms with Crippen LogP contribution in [0.25, 0.3) is 0 Å². The van der Waals surface area contributed by atoms with Gasteiger partial charge >= 0.3 is 0 Å². The Labute approximate surface area is 102 Å². The maximum absolute atomic E-state index is 11.2. The highest BCUT2D eigenvalue weighted by Gasteiger charge is 2.01. The van der Waals surface area contributed by atoms with Crippen LogP contribution < -0.4 is 10.0 Å². The first-order valence-electron chi connectivity index (χ1n) is 5.23. The van der Waals surface area contributed by atoms with Crippen LogP contribution in [-0.4, -0.2) is 60.6 Å². The largest absolute Gasteiger partial charge is 0.382 e. The number of amides is 1. The van der Waals surface area contributed by atoms with Crippen LogP contribution in [0.2, 0.25) is 0 Å². The highest BCUT2D eigenvalue weighted by molar-refractivity contribution is 7.88. The molecule has 0 aromatic rings. The van der Waals surface area contributed by atoms with Crippen molar-refractivity contribution in [3.8, 4) is 0 Å². The number of sulfonamides is 1. The fraction of sp³-hybridized carbons (Fsp3) is 0.889. The zero-order valence-corrected chi connectivity index (χ0v) is 11.0. The molecule has 0 aliphatic rings. The van der Waals surface area contributed by atoms with Crippen LogP contribution in [0.5, 0.6) is 0 Å². The van der Waals surface area contributed by atoms with E-state index in [9.17, 15) is 13.2 Å². The molecular formula is C9H20N2O5S. The number of hydrogen-bond acceptors (Lipinski definition) is 5. The third-order valence-electron chi connectivity index (χ3n) is 1.70. The molecule has 7 nitrogen and oxygen atoms in total. The molecule has 17 heavy (non-hydrogen) atoms. The van der Waals surface area contributed by atoms with Gasteiger partial charge in [-0.05, 0) is 6.42 Å². The second kappa shape index (κ2) is 9.34. The van der Waals surface area contributed by atoms with Crippen LogP contribution in [0.1, 0.15) is 6.42 Å². The Morgan fingerprint density at radius 3 is 2.53 bits per heavy atom. The molecule has 0 aromatic carbocycles. The Balaban J connectivity index is 3.33. The maximum atomic E-state index is 11.2. The van der Waals surface area contributed by atoms with Gasteiger partial charge in [-0.2, -0.15) is 0 Å². The normalized spacial score (nSPS) is 11.4. The highest BCUT2D eigenvalue weighted by Crippen LogP contribution is 1.80. The zero-order valence-electron chi connectivity index (χ0n) is 10.2. The van der Waals surface area contributed by atoms with E-state index in [4.69, 9.17) is 9.47 Å². The summed E-state index contributed by atoms with van der Waals surface area (Å²) in [7, 11) is -1.59. The van der Waals surface area contributed by atoms with Crippen molar-refractivity contribution in [1.82, 2.24) is 10.0 Å². The van der Waals surface area contributed by atoms with E-state index in [1.54, 1.807) is 7.11 Å². The fourth-order valence-electron chi connectivity index (χ4n) is 0.932. The van der Waals surface area contributed by atoms with Crippen molar-refractivity contribution in [1.29, 1.82) is 0 Å². The predicted molar refractivity (Wildman–Crippen MR) is 63.2 cm³/mol. The fourth-order valence-corrected chi connectivity index (χ4v) is 1.45. The predicted octanol–water partition coefficient (Wildman–Crippen LogP) is -1.30. The molecule has 0 spiro atoms. The Hall–Kier alpha value is -0.700. The van der Waals surface area contributed by atoms with Gasteiger partial charge in [0.25, 0.3) is 0 Å². The lowest BCUT2D eigenvalue weighted by molar-refractivity contribution is -0.126. The first-order chi connectivity index (χ1) is 7.95. The van der Waals surface area contributed by atoms with Crippen LogP contribution in [-0.2, 0) is 24.3 Å². The van der Waals surface area contributed by atoms with Crippen molar-refractivity contribution < 1.29 is 22.7 Å². The van der Waals surface area contributed by atoms with Gasteiger partial charge in [0.05, 0.1) is 19.5 Å². The zero-order chi connectivity index (χ0) is 13.1. The Bertz CT molecular complexity index is 305. The van der Waals surface area contributed by atoms with E-state index in [1.165, 1.54) is 0 Å². The van der Waals surface area contributed by atoms with Gasteiger partial charge in [0.2, 0.25) is 15.9 Å². The van der Waals surface area contributed by atoms with E-state index < -0.39 is 10.0 Å². The lowest BCUT2D eigenvalue weighted by atomic mass is 10.4. The molecule has 0 saturated heterocycles. The third-order valence-corrected chi connectivity index (χ3v) is 2.43. The molecule has 0 fully saturated rings. The molecule has 8 heteroatoms. The second-order valence-corrected chi connectivity index (χ2v) is 5.25. The number of ether oxygens (including phenoxy) is 2. The number of rotatable bonds is 10. The summed E-state index contributed by atoms with van der Waals surface area (Å²) < 4.78 is 33.5. The summed E-state index contributed by atoms with van der Waals surface area (Å²) in [6, 6.07) is 0. The SMILES string of the molecule is COCCOCC(=O)NCCCNS(C)(=O)=O. The van der Waals surface area contributed by atoms with Crippen molar-refractivity contribution in [2.45, 2.75) is 6.42 Å². The molecule has 0 unspecified atom stereocenters. The monoisotopic (exact) mass is 268 g/mol. The molecule has 0 saturated carbocycles. The molecule has 0 atom stereocenters. The second-order valence-electron chi connectivity index (χ2n) is 3.42. The summed E-state index contributed by atoms with van der Waals surface area (Å²) in [5, 5.41) is 2.61. The average Bonchev–Trinajstić information content (AvgIpc) is 2.22. The van der Waals surface area contributed by atoms with Gasteiger partial charge in [-0.1, -0.05) is 0 Å². The molecule has 1 amide bonds. The molecule has 0 aliphatic heterocycles. The summed E-state index contributed by atoms with van der Waals surface area (Å²) in [5.41, 5.74) is 0. The molecule has 102 valence electrons. The third kappa shape index (κ3) is 13.2. The Morgan fingerprint density at radius 1 is 1.24 bits per heavy atom. The molecule has 0 radical (unpaired) electrons. The van der Waals surface area contributed by atoms with Crippen LogP contribution in [0, 0.1) is 0 Å². The molecule has 0 bridgehead atoms. The van der Waals surface area contributed by atoms with Crippen LogP contribution in [0.15, 0.2) is 0 Å². The quantitative estimate of drug-likeness (QED) is 0.481. The minimum absolute atomic E-state index is 0.0110. The van der Waals surface area contributed by atoms with Crippen LogP contribution in [0.3, 0.4) is 0 Å². The summed E-state index contributed by atoms with van der Waals surface area (Å²) in [4.78, 5) is 11.2. The lowest BCUT2D eigenvalue weighted by Crippen LogP contribution is -2.31. The maximum Gasteiger partial charge on any atom is 0.246 e. The van der Waals surface area contributed by atoms with E-state index in [2.05, 4.69) is 10.0 Å². The van der Waals surface area contributed by atoms with Crippen LogP contribution in [0.4, 0.5) is 0 Å². The van der Waals surface area contributed by atoms with E-state index >= 15 is 0 Å². The first-order valence-corrected chi connectivity index (χ1v) is 7.13. The van der Waals surface area contributed by atoms with Gasteiger partial charge in [-0.15, -0.1) is 0 Å². The molecule has 0 aliphatic carbocycles. The van der Waals surface area contributed by atoms with Gasteiger partial charge in [-0.25, -0.2) is 13.1 Å². The highest BCUT2D eigenvalue weighted by atomic mass is 32.2. The number of hydrogen-bond donors (Lipinski definition) is 2. The number of carbonyl (C=O) groups is 1. The Morgan fingerprint density at radius 2 is 1.94 bits per heavy atom. The summed E-state index contributed by atoms with van der Waals surface area (Å²) in [6.07, 6.45) is 1.63. The molecule has 0 heterocycles. The van der Waals surface area contributed by atoms with Gasteiger partial charge < -0.3 is 14.8 Å². The summed E-state index contributed by atoms with van der Waals surface area (Å²) in [5.74, 6) is -0.222. The minimum Gasteiger partial charge on any atom is -0.382 e. The molecule has 0 rings (SSSR count). The van der Waals surface area contributed by atoms with Gasteiger partial charge in [0.1, 0.15) is 6.61 Å².